The lowest BCUT2D eigenvalue weighted by atomic mass is 10.1. The Morgan fingerprint density at radius 3 is 1.19 bits per heavy atom. The van der Waals surface area contributed by atoms with Gasteiger partial charge in [-0.05, 0) is 36.4 Å². The summed E-state index contributed by atoms with van der Waals surface area (Å²) in [5, 5.41) is 0. The quantitative estimate of drug-likeness (QED) is 0.296. The minimum Gasteiger partial charge on any atom is -0.425 e. The van der Waals surface area contributed by atoms with Crippen LogP contribution in [0.25, 0.3) is 0 Å². The Hall–Kier alpha value is -5.12. The molecule has 2 aliphatic rings. The van der Waals surface area contributed by atoms with Crippen LogP contribution in [0.1, 0.15) is 41.4 Å². The molecule has 0 aromatic heterocycles. The monoisotopic (exact) mass is 484 g/mol. The highest BCUT2D eigenvalue weighted by atomic mass is 16.5. The Morgan fingerprint density at radius 2 is 0.861 bits per heavy atom. The first-order valence-electron chi connectivity index (χ1n) is 10.8. The van der Waals surface area contributed by atoms with Crippen molar-refractivity contribution in [2.75, 3.05) is 13.1 Å². The van der Waals surface area contributed by atoms with Gasteiger partial charge in [-0.1, -0.05) is 30.3 Å². The van der Waals surface area contributed by atoms with Crippen LogP contribution in [0.5, 0.6) is 11.5 Å². The van der Waals surface area contributed by atoms with Crippen LogP contribution in [0, 0.1) is 0 Å². The average molecular weight is 484 g/mol. The van der Waals surface area contributed by atoms with E-state index in [1.165, 1.54) is 48.5 Å². The van der Waals surface area contributed by atoms with Gasteiger partial charge in [0.1, 0.15) is 24.6 Å². The molecular formula is C26H16N2O8. The summed E-state index contributed by atoms with van der Waals surface area (Å²) in [5.41, 5.74) is 0.842. The number of imide groups is 2. The van der Waals surface area contributed by atoms with Crippen LogP contribution < -0.4 is 9.47 Å². The third kappa shape index (κ3) is 4.00. The largest absolute Gasteiger partial charge is 0.425 e. The predicted octanol–water partition coefficient (Wildman–Crippen LogP) is 2.09. The second-order valence-corrected chi connectivity index (χ2v) is 7.91. The van der Waals surface area contributed by atoms with Crippen molar-refractivity contribution in [3.63, 3.8) is 0 Å². The lowest BCUT2D eigenvalue weighted by Crippen LogP contribution is -2.36. The van der Waals surface area contributed by atoms with E-state index in [1.54, 1.807) is 24.3 Å². The third-order valence-electron chi connectivity index (χ3n) is 5.60. The summed E-state index contributed by atoms with van der Waals surface area (Å²) >= 11 is 0. The van der Waals surface area contributed by atoms with Gasteiger partial charge in [0.2, 0.25) is 0 Å². The summed E-state index contributed by atoms with van der Waals surface area (Å²) in [4.78, 5) is 76.0. The SMILES string of the molecule is O=C(CN1C(=O)c2ccccc2C1=O)Oc1cccc(OC(=O)CN2C(=O)c3ccccc3C2=O)c1. The van der Waals surface area contributed by atoms with Crippen LogP contribution in [0.4, 0.5) is 0 Å². The average Bonchev–Trinajstić information content (AvgIpc) is 3.25. The molecule has 3 aromatic rings. The van der Waals surface area contributed by atoms with Crippen LogP contribution in [-0.2, 0) is 9.59 Å². The van der Waals surface area contributed by atoms with Crippen molar-refractivity contribution in [3.8, 4) is 11.5 Å². The molecule has 5 rings (SSSR count). The van der Waals surface area contributed by atoms with E-state index in [9.17, 15) is 28.8 Å². The number of ether oxygens (including phenoxy) is 2. The maximum Gasteiger partial charge on any atom is 0.331 e. The van der Waals surface area contributed by atoms with Crippen molar-refractivity contribution >= 4 is 35.6 Å². The molecule has 0 radical (unpaired) electrons. The molecule has 0 aliphatic carbocycles. The molecule has 0 bridgehead atoms. The highest BCUT2D eigenvalue weighted by Gasteiger charge is 2.37. The van der Waals surface area contributed by atoms with Gasteiger partial charge in [-0.2, -0.15) is 0 Å². The molecule has 0 fully saturated rings. The van der Waals surface area contributed by atoms with E-state index in [-0.39, 0.29) is 33.8 Å². The molecule has 3 aromatic carbocycles. The number of carbonyl (C=O) groups is 6. The van der Waals surface area contributed by atoms with Gasteiger partial charge in [-0.3, -0.25) is 29.0 Å². The number of esters is 2. The number of hydrogen-bond donors (Lipinski definition) is 0. The van der Waals surface area contributed by atoms with Crippen molar-refractivity contribution in [2.45, 2.75) is 0 Å². The third-order valence-corrected chi connectivity index (χ3v) is 5.60. The minimum atomic E-state index is -0.876. The van der Waals surface area contributed by atoms with E-state index in [1.807, 2.05) is 0 Å². The highest BCUT2D eigenvalue weighted by Crippen LogP contribution is 2.25. The fourth-order valence-electron chi connectivity index (χ4n) is 3.95. The molecule has 10 heteroatoms. The smallest absolute Gasteiger partial charge is 0.331 e. The first-order valence-corrected chi connectivity index (χ1v) is 10.8. The molecule has 0 N–H and O–H groups in total. The van der Waals surface area contributed by atoms with Gasteiger partial charge < -0.3 is 9.47 Å². The molecule has 0 saturated heterocycles. The second-order valence-electron chi connectivity index (χ2n) is 7.91. The van der Waals surface area contributed by atoms with E-state index in [2.05, 4.69) is 0 Å². The number of benzene rings is 3. The molecule has 178 valence electrons. The van der Waals surface area contributed by atoms with Crippen LogP contribution >= 0.6 is 0 Å². The van der Waals surface area contributed by atoms with Crippen molar-refractivity contribution < 1.29 is 38.2 Å². The number of hydrogen-bond acceptors (Lipinski definition) is 8. The summed E-state index contributed by atoms with van der Waals surface area (Å²) in [6.45, 7) is -1.20. The molecule has 0 atom stereocenters. The topological polar surface area (TPSA) is 127 Å². The number of fused-ring (bicyclic) bond motifs is 2. The summed E-state index contributed by atoms with van der Waals surface area (Å²) in [6, 6.07) is 18.0. The molecule has 0 spiro atoms. The van der Waals surface area contributed by atoms with Crippen molar-refractivity contribution in [1.82, 2.24) is 9.80 Å². The van der Waals surface area contributed by atoms with Gasteiger partial charge in [-0.15, -0.1) is 0 Å². The number of nitrogens with zero attached hydrogens (tertiary/aromatic N) is 2. The predicted molar refractivity (Wildman–Crippen MR) is 121 cm³/mol. The molecule has 36 heavy (non-hydrogen) atoms. The number of carbonyl (C=O) groups excluding carboxylic acids is 6. The fraction of sp³-hybridized carbons (Fsp3) is 0.0769. The second kappa shape index (κ2) is 8.91. The van der Waals surface area contributed by atoms with Gasteiger partial charge in [0, 0.05) is 6.07 Å². The van der Waals surface area contributed by atoms with Gasteiger partial charge in [0.15, 0.2) is 0 Å². The lowest BCUT2D eigenvalue weighted by molar-refractivity contribution is -0.135. The highest BCUT2D eigenvalue weighted by molar-refractivity contribution is 6.23. The number of rotatable bonds is 6. The van der Waals surface area contributed by atoms with Crippen LogP contribution in [0.3, 0.4) is 0 Å². The first-order chi connectivity index (χ1) is 17.3. The van der Waals surface area contributed by atoms with Crippen molar-refractivity contribution in [3.05, 3.63) is 95.1 Å². The maximum absolute atomic E-state index is 12.4. The molecule has 0 unspecified atom stereocenters. The summed E-state index contributed by atoms with van der Waals surface area (Å²) < 4.78 is 10.4. The fourth-order valence-corrected chi connectivity index (χ4v) is 3.95. The Balaban J connectivity index is 1.20. The Labute approximate surface area is 203 Å². The zero-order valence-corrected chi connectivity index (χ0v) is 18.5. The Morgan fingerprint density at radius 1 is 0.528 bits per heavy atom. The normalized spacial score (nSPS) is 14.1. The molecule has 2 heterocycles. The van der Waals surface area contributed by atoms with E-state index in [0.29, 0.717) is 0 Å². The lowest BCUT2D eigenvalue weighted by Gasteiger charge is -2.14. The molecule has 4 amide bonds. The number of amides is 4. The first kappa shape index (κ1) is 22.7. The summed E-state index contributed by atoms with van der Waals surface area (Å²) in [7, 11) is 0. The zero-order valence-electron chi connectivity index (χ0n) is 18.5. The Kier molecular flexibility index (Phi) is 5.61. The molecular weight excluding hydrogens is 468 g/mol. The van der Waals surface area contributed by atoms with E-state index in [4.69, 9.17) is 9.47 Å². The standard InChI is InChI=1S/C26H16N2O8/c29-21(13-27-23(31)17-8-1-2-9-18(17)24(27)32)35-15-6-5-7-16(12-15)36-22(30)14-28-25(33)19-10-3-4-11-20(19)26(28)34/h1-12H,13-14H2. The van der Waals surface area contributed by atoms with E-state index in [0.717, 1.165) is 9.80 Å². The summed E-state index contributed by atoms with van der Waals surface area (Å²) in [5.74, 6) is -4.12. The summed E-state index contributed by atoms with van der Waals surface area (Å²) in [6.07, 6.45) is 0. The van der Waals surface area contributed by atoms with Gasteiger partial charge in [-0.25, -0.2) is 9.59 Å². The van der Waals surface area contributed by atoms with Crippen LogP contribution in [0.15, 0.2) is 72.8 Å². The van der Waals surface area contributed by atoms with Crippen LogP contribution in [0.2, 0.25) is 0 Å². The van der Waals surface area contributed by atoms with E-state index >= 15 is 0 Å². The van der Waals surface area contributed by atoms with Crippen molar-refractivity contribution in [2.24, 2.45) is 0 Å². The van der Waals surface area contributed by atoms with Gasteiger partial charge in [0.05, 0.1) is 22.3 Å². The zero-order chi connectivity index (χ0) is 25.4. The van der Waals surface area contributed by atoms with Gasteiger partial charge >= 0.3 is 11.9 Å². The van der Waals surface area contributed by atoms with Gasteiger partial charge in [0.25, 0.3) is 23.6 Å². The maximum atomic E-state index is 12.4. The van der Waals surface area contributed by atoms with E-state index < -0.39 is 48.7 Å². The molecule has 0 saturated carbocycles. The molecule has 2 aliphatic heterocycles. The van der Waals surface area contributed by atoms with Crippen molar-refractivity contribution in [1.29, 1.82) is 0 Å². The van der Waals surface area contributed by atoms with Crippen LogP contribution in [-0.4, -0.2) is 58.5 Å². The molecule has 10 nitrogen and oxygen atoms in total. The Bertz CT molecular complexity index is 1300. The minimum absolute atomic E-state index is 0.00244.